The molecule has 1 amide bonds. The minimum absolute atomic E-state index is 0.0559. The predicted molar refractivity (Wildman–Crippen MR) is 69.1 cm³/mol. The topological polar surface area (TPSA) is 98.5 Å². The Morgan fingerprint density at radius 1 is 1.37 bits per heavy atom. The van der Waals surface area contributed by atoms with E-state index in [4.69, 9.17) is 10.5 Å². The number of rotatable bonds is 5. The van der Waals surface area contributed by atoms with Crippen molar-refractivity contribution in [1.82, 2.24) is 4.72 Å². The van der Waals surface area contributed by atoms with Gasteiger partial charge in [0, 0.05) is 18.7 Å². The Kier molecular flexibility index (Phi) is 4.18. The maximum atomic E-state index is 12.0. The Bertz CT molecular complexity index is 548. The SMILES string of the molecule is NC(=O)c1ccc(S(=O)(=O)NC[C@H]2CCCO2)cc1. The fourth-order valence-electron chi connectivity index (χ4n) is 1.89. The van der Waals surface area contributed by atoms with Gasteiger partial charge in [0.15, 0.2) is 0 Å². The van der Waals surface area contributed by atoms with Gasteiger partial charge in [-0.25, -0.2) is 13.1 Å². The molecule has 1 heterocycles. The highest BCUT2D eigenvalue weighted by atomic mass is 32.2. The van der Waals surface area contributed by atoms with Gasteiger partial charge >= 0.3 is 0 Å². The number of nitrogens with one attached hydrogen (secondary N) is 1. The van der Waals surface area contributed by atoms with E-state index >= 15 is 0 Å². The number of amides is 1. The zero-order valence-electron chi connectivity index (χ0n) is 10.3. The van der Waals surface area contributed by atoms with Crippen LogP contribution < -0.4 is 10.5 Å². The van der Waals surface area contributed by atoms with E-state index in [1.807, 2.05) is 0 Å². The van der Waals surface area contributed by atoms with Crippen LogP contribution in [0.25, 0.3) is 0 Å². The predicted octanol–water partition coefficient (Wildman–Crippen LogP) is 0.243. The summed E-state index contributed by atoms with van der Waals surface area (Å²) in [6.45, 7) is 0.944. The summed E-state index contributed by atoms with van der Waals surface area (Å²) in [4.78, 5) is 11.0. The lowest BCUT2D eigenvalue weighted by molar-refractivity contribution is 0.1000. The number of nitrogens with two attached hydrogens (primary N) is 1. The lowest BCUT2D eigenvalue weighted by Gasteiger charge is -2.11. The van der Waals surface area contributed by atoms with Crippen molar-refractivity contribution in [3.8, 4) is 0 Å². The van der Waals surface area contributed by atoms with Gasteiger partial charge in [-0.15, -0.1) is 0 Å². The Morgan fingerprint density at radius 2 is 2.05 bits per heavy atom. The Balaban J connectivity index is 2.03. The van der Waals surface area contributed by atoms with Crippen molar-refractivity contribution in [1.29, 1.82) is 0 Å². The molecule has 1 aliphatic rings. The maximum absolute atomic E-state index is 12.0. The first-order valence-corrected chi connectivity index (χ1v) is 7.48. The van der Waals surface area contributed by atoms with Crippen molar-refractivity contribution >= 4 is 15.9 Å². The molecule has 1 aromatic carbocycles. The standard InChI is InChI=1S/C12H16N2O4S/c13-12(15)9-3-5-11(6-4-9)19(16,17)14-8-10-2-1-7-18-10/h3-6,10,14H,1-2,7-8H2,(H2,13,15)/t10-/m1/s1. The molecule has 2 rings (SSSR count). The number of carbonyl (C=O) groups excluding carboxylic acids is 1. The summed E-state index contributed by atoms with van der Waals surface area (Å²) in [6.07, 6.45) is 1.77. The monoisotopic (exact) mass is 284 g/mol. The summed E-state index contributed by atoms with van der Waals surface area (Å²) >= 11 is 0. The first-order valence-electron chi connectivity index (χ1n) is 6.00. The van der Waals surface area contributed by atoms with Gasteiger partial charge in [0.25, 0.3) is 0 Å². The van der Waals surface area contributed by atoms with Gasteiger partial charge in [0.1, 0.15) is 0 Å². The van der Waals surface area contributed by atoms with E-state index < -0.39 is 15.9 Å². The van der Waals surface area contributed by atoms with Crippen LogP contribution in [0.5, 0.6) is 0 Å². The molecular formula is C12H16N2O4S. The molecule has 0 saturated carbocycles. The molecule has 1 fully saturated rings. The van der Waals surface area contributed by atoms with Crippen LogP contribution in [0, 0.1) is 0 Å². The van der Waals surface area contributed by atoms with E-state index in [0.29, 0.717) is 6.61 Å². The second-order valence-corrected chi connectivity index (χ2v) is 6.14. The molecule has 0 unspecified atom stereocenters. The molecular weight excluding hydrogens is 268 g/mol. The molecule has 1 aliphatic heterocycles. The van der Waals surface area contributed by atoms with Crippen molar-refractivity contribution in [3.63, 3.8) is 0 Å². The lowest BCUT2D eigenvalue weighted by Crippen LogP contribution is -2.31. The van der Waals surface area contributed by atoms with Gasteiger partial charge in [0.2, 0.25) is 15.9 Å². The molecule has 1 aromatic rings. The number of ether oxygens (including phenoxy) is 1. The van der Waals surface area contributed by atoms with Crippen LogP contribution in [0.3, 0.4) is 0 Å². The summed E-state index contributed by atoms with van der Waals surface area (Å²) in [5.74, 6) is -0.587. The normalized spacial score (nSPS) is 19.5. The van der Waals surface area contributed by atoms with Gasteiger partial charge in [-0.1, -0.05) is 0 Å². The molecule has 0 radical (unpaired) electrons. The van der Waals surface area contributed by atoms with Crippen molar-refractivity contribution in [3.05, 3.63) is 29.8 Å². The van der Waals surface area contributed by atoms with Gasteiger partial charge in [-0.2, -0.15) is 0 Å². The van der Waals surface area contributed by atoms with Gasteiger partial charge < -0.3 is 10.5 Å². The number of hydrogen-bond acceptors (Lipinski definition) is 4. The zero-order valence-corrected chi connectivity index (χ0v) is 11.2. The van der Waals surface area contributed by atoms with E-state index in [0.717, 1.165) is 12.8 Å². The number of benzene rings is 1. The highest BCUT2D eigenvalue weighted by molar-refractivity contribution is 7.89. The minimum Gasteiger partial charge on any atom is -0.377 e. The van der Waals surface area contributed by atoms with Crippen molar-refractivity contribution < 1.29 is 17.9 Å². The first-order chi connectivity index (χ1) is 8.99. The highest BCUT2D eigenvalue weighted by Gasteiger charge is 2.20. The molecule has 1 atom stereocenters. The average Bonchev–Trinajstić information content (AvgIpc) is 2.90. The molecule has 0 aliphatic carbocycles. The Hall–Kier alpha value is -1.44. The summed E-state index contributed by atoms with van der Waals surface area (Å²) in [7, 11) is -3.57. The van der Waals surface area contributed by atoms with E-state index in [1.165, 1.54) is 24.3 Å². The largest absolute Gasteiger partial charge is 0.377 e. The smallest absolute Gasteiger partial charge is 0.248 e. The van der Waals surface area contributed by atoms with E-state index in [1.54, 1.807) is 0 Å². The van der Waals surface area contributed by atoms with Gasteiger partial charge in [0.05, 0.1) is 11.0 Å². The Labute approximate surface area is 112 Å². The fraction of sp³-hybridized carbons (Fsp3) is 0.417. The number of hydrogen-bond donors (Lipinski definition) is 2. The molecule has 19 heavy (non-hydrogen) atoms. The summed E-state index contributed by atoms with van der Waals surface area (Å²) in [5.41, 5.74) is 5.37. The van der Waals surface area contributed by atoms with Gasteiger partial charge in [-0.05, 0) is 37.1 Å². The molecule has 1 saturated heterocycles. The summed E-state index contributed by atoms with van der Waals surface area (Å²) in [6, 6.07) is 5.50. The van der Waals surface area contributed by atoms with Crippen molar-refractivity contribution in [2.24, 2.45) is 5.73 Å². The quantitative estimate of drug-likeness (QED) is 0.809. The summed E-state index contributed by atoms with van der Waals surface area (Å²) < 4.78 is 31.8. The van der Waals surface area contributed by atoms with Crippen molar-refractivity contribution in [2.45, 2.75) is 23.8 Å². The summed E-state index contributed by atoms with van der Waals surface area (Å²) in [5, 5.41) is 0. The average molecular weight is 284 g/mol. The lowest BCUT2D eigenvalue weighted by atomic mass is 10.2. The van der Waals surface area contributed by atoms with E-state index in [-0.39, 0.29) is 23.1 Å². The molecule has 0 spiro atoms. The third-order valence-electron chi connectivity index (χ3n) is 2.97. The van der Waals surface area contributed by atoms with Crippen LogP contribution >= 0.6 is 0 Å². The minimum atomic E-state index is -3.57. The van der Waals surface area contributed by atoms with E-state index in [9.17, 15) is 13.2 Å². The molecule has 6 nitrogen and oxygen atoms in total. The fourth-order valence-corrected chi connectivity index (χ4v) is 2.96. The van der Waals surface area contributed by atoms with Crippen LogP contribution in [0.15, 0.2) is 29.2 Å². The van der Waals surface area contributed by atoms with Crippen LogP contribution in [-0.2, 0) is 14.8 Å². The zero-order chi connectivity index (χ0) is 13.9. The molecule has 104 valence electrons. The van der Waals surface area contributed by atoms with Crippen LogP contribution in [0.1, 0.15) is 23.2 Å². The third kappa shape index (κ3) is 3.52. The van der Waals surface area contributed by atoms with E-state index in [2.05, 4.69) is 4.72 Å². The molecule has 0 aromatic heterocycles. The second kappa shape index (κ2) is 5.68. The highest BCUT2D eigenvalue weighted by Crippen LogP contribution is 2.13. The number of sulfonamides is 1. The second-order valence-electron chi connectivity index (χ2n) is 4.38. The van der Waals surface area contributed by atoms with Crippen molar-refractivity contribution in [2.75, 3.05) is 13.2 Å². The molecule has 0 bridgehead atoms. The first kappa shape index (κ1) is 14.0. The Morgan fingerprint density at radius 3 is 2.58 bits per heavy atom. The maximum Gasteiger partial charge on any atom is 0.248 e. The molecule has 3 N–H and O–H groups in total. The van der Waals surface area contributed by atoms with Crippen LogP contribution in [0.2, 0.25) is 0 Å². The van der Waals surface area contributed by atoms with Gasteiger partial charge in [-0.3, -0.25) is 4.79 Å². The third-order valence-corrected chi connectivity index (χ3v) is 4.41. The van der Waals surface area contributed by atoms with Crippen LogP contribution in [-0.4, -0.2) is 33.6 Å². The number of primary amides is 1. The number of carbonyl (C=O) groups is 1. The van der Waals surface area contributed by atoms with Crippen LogP contribution in [0.4, 0.5) is 0 Å². The molecule has 7 heteroatoms.